The van der Waals surface area contributed by atoms with Gasteiger partial charge in [0, 0.05) is 17.4 Å². The first kappa shape index (κ1) is 12.6. The number of hydrogen-bond donors (Lipinski definition) is 2. The van der Waals surface area contributed by atoms with Gasteiger partial charge in [0.2, 0.25) is 0 Å². The molecular weight excluding hydrogens is 256 g/mol. The Bertz CT molecular complexity index is 629. The molecule has 104 valence electrons. The van der Waals surface area contributed by atoms with Crippen LogP contribution in [0.2, 0.25) is 0 Å². The number of pyridine rings is 1. The van der Waals surface area contributed by atoms with Crippen molar-refractivity contribution in [2.45, 2.75) is 13.5 Å². The SMILES string of the molecule is Cc1ccc(O)c(CNc2ccc3c(c2)OCCO3)n1. The number of ether oxygens (including phenoxy) is 2. The summed E-state index contributed by atoms with van der Waals surface area (Å²) in [4.78, 5) is 4.31. The average Bonchev–Trinajstić information content (AvgIpc) is 2.48. The summed E-state index contributed by atoms with van der Waals surface area (Å²) in [6.45, 7) is 3.50. The minimum atomic E-state index is 0.195. The molecule has 2 aromatic rings. The lowest BCUT2D eigenvalue weighted by Crippen LogP contribution is -2.15. The number of anilines is 1. The van der Waals surface area contributed by atoms with Crippen molar-refractivity contribution < 1.29 is 14.6 Å². The minimum absolute atomic E-state index is 0.195. The van der Waals surface area contributed by atoms with E-state index in [-0.39, 0.29) is 5.75 Å². The zero-order valence-corrected chi connectivity index (χ0v) is 11.2. The normalized spacial score (nSPS) is 13.1. The lowest BCUT2D eigenvalue weighted by atomic mass is 10.2. The van der Waals surface area contributed by atoms with Gasteiger partial charge in [-0.05, 0) is 31.2 Å². The maximum atomic E-state index is 9.76. The van der Waals surface area contributed by atoms with E-state index in [1.54, 1.807) is 12.1 Å². The molecule has 5 heteroatoms. The molecule has 0 spiro atoms. The highest BCUT2D eigenvalue weighted by atomic mass is 16.6. The number of nitrogens with one attached hydrogen (secondary N) is 1. The highest BCUT2D eigenvalue weighted by Crippen LogP contribution is 2.32. The molecule has 0 unspecified atom stereocenters. The Morgan fingerprint density at radius 1 is 1.15 bits per heavy atom. The van der Waals surface area contributed by atoms with Gasteiger partial charge < -0.3 is 19.9 Å². The van der Waals surface area contributed by atoms with Crippen LogP contribution in [0.1, 0.15) is 11.4 Å². The van der Waals surface area contributed by atoms with Crippen LogP contribution in [0, 0.1) is 6.92 Å². The second kappa shape index (κ2) is 5.28. The molecule has 2 heterocycles. The predicted octanol–water partition coefficient (Wildman–Crippen LogP) is 2.48. The third kappa shape index (κ3) is 2.61. The van der Waals surface area contributed by atoms with Gasteiger partial charge in [-0.3, -0.25) is 4.98 Å². The van der Waals surface area contributed by atoms with Crippen LogP contribution in [0.5, 0.6) is 17.2 Å². The molecule has 1 aliphatic rings. The largest absolute Gasteiger partial charge is 0.506 e. The quantitative estimate of drug-likeness (QED) is 0.898. The van der Waals surface area contributed by atoms with Crippen LogP contribution in [0.3, 0.4) is 0 Å². The summed E-state index contributed by atoms with van der Waals surface area (Å²) >= 11 is 0. The second-order valence-electron chi connectivity index (χ2n) is 4.63. The van der Waals surface area contributed by atoms with Gasteiger partial charge in [-0.25, -0.2) is 0 Å². The molecule has 3 rings (SSSR count). The molecule has 0 saturated heterocycles. The lowest BCUT2D eigenvalue weighted by Gasteiger charge is -2.19. The van der Waals surface area contributed by atoms with Crippen LogP contribution in [0.25, 0.3) is 0 Å². The first-order valence-electron chi connectivity index (χ1n) is 6.51. The second-order valence-corrected chi connectivity index (χ2v) is 4.63. The first-order chi connectivity index (χ1) is 9.72. The van der Waals surface area contributed by atoms with Gasteiger partial charge in [-0.15, -0.1) is 0 Å². The third-order valence-corrected chi connectivity index (χ3v) is 3.09. The van der Waals surface area contributed by atoms with Gasteiger partial charge in [0.15, 0.2) is 11.5 Å². The van der Waals surface area contributed by atoms with Gasteiger partial charge in [0.05, 0.1) is 6.54 Å². The van der Waals surface area contributed by atoms with Gasteiger partial charge >= 0.3 is 0 Å². The Hall–Kier alpha value is -2.43. The van der Waals surface area contributed by atoms with E-state index in [1.807, 2.05) is 25.1 Å². The Morgan fingerprint density at radius 2 is 1.95 bits per heavy atom. The highest BCUT2D eigenvalue weighted by Gasteiger charge is 2.12. The fourth-order valence-corrected chi connectivity index (χ4v) is 2.07. The lowest BCUT2D eigenvalue weighted by molar-refractivity contribution is 0.171. The van der Waals surface area contributed by atoms with E-state index in [2.05, 4.69) is 10.3 Å². The summed E-state index contributed by atoms with van der Waals surface area (Å²) in [5.41, 5.74) is 2.40. The molecular formula is C15H16N2O3. The average molecular weight is 272 g/mol. The molecule has 0 aliphatic carbocycles. The maximum Gasteiger partial charge on any atom is 0.163 e. The van der Waals surface area contributed by atoms with Crippen molar-refractivity contribution in [2.24, 2.45) is 0 Å². The summed E-state index contributed by atoms with van der Waals surface area (Å²) in [5.74, 6) is 1.70. The molecule has 5 nitrogen and oxygen atoms in total. The molecule has 1 aromatic heterocycles. The van der Waals surface area contributed by atoms with Crippen molar-refractivity contribution in [3.8, 4) is 17.2 Å². The van der Waals surface area contributed by atoms with E-state index in [9.17, 15) is 5.11 Å². The Balaban J connectivity index is 1.73. The van der Waals surface area contributed by atoms with Crippen LogP contribution < -0.4 is 14.8 Å². The van der Waals surface area contributed by atoms with Crippen molar-refractivity contribution in [3.63, 3.8) is 0 Å². The minimum Gasteiger partial charge on any atom is -0.506 e. The van der Waals surface area contributed by atoms with Crippen molar-refractivity contribution in [1.29, 1.82) is 0 Å². The molecule has 0 radical (unpaired) electrons. The fraction of sp³-hybridized carbons (Fsp3) is 0.267. The Kier molecular flexibility index (Phi) is 3.33. The van der Waals surface area contributed by atoms with E-state index in [0.717, 1.165) is 22.9 Å². The topological polar surface area (TPSA) is 63.6 Å². The van der Waals surface area contributed by atoms with Gasteiger partial charge in [-0.1, -0.05) is 0 Å². The van der Waals surface area contributed by atoms with Crippen molar-refractivity contribution in [2.75, 3.05) is 18.5 Å². The molecule has 0 bridgehead atoms. The molecule has 1 aromatic carbocycles. The number of aryl methyl sites for hydroxylation is 1. The van der Waals surface area contributed by atoms with E-state index in [1.165, 1.54) is 0 Å². The van der Waals surface area contributed by atoms with Gasteiger partial charge in [0.1, 0.15) is 24.7 Å². The summed E-state index contributed by atoms with van der Waals surface area (Å²) in [5, 5.41) is 13.0. The summed E-state index contributed by atoms with van der Waals surface area (Å²) < 4.78 is 11.0. The number of nitrogens with zero attached hydrogens (tertiary/aromatic N) is 1. The van der Waals surface area contributed by atoms with Crippen LogP contribution >= 0.6 is 0 Å². The van der Waals surface area contributed by atoms with E-state index in [0.29, 0.717) is 25.5 Å². The number of benzene rings is 1. The zero-order chi connectivity index (χ0) is 13.9. The standard InChI is InChI=1S/C15H16N2O3/c1-10-2-4-13(18)12(17-10)9-16-11-3-5-14-15(8-11)20-7-6-19-14/h2-5,8,16,18H,6-7,9H2,1H3. The molecule has 0 fully saturated rings. The van der Waals surface area contributed by atoms with E-state index in [4.69, 9.17) is 9.47 Å². The molecule has 2 N–H and O–H groups in total. The summed E-state index contributed by atoms with van der Waals surface area (Å²) in [7, 11) is 0. The van der Waals surface area contributed by atoms with Crippen LogP contribution in [0.15, 0.2) is 30.3 Å². The maximum absolute atomic E-state index is 9.76. The number of aromatic nitrogens is 1. The van der Waals surface area contributed by atoms with Crippen LogP contribution in [-0.4, -0.2) is 23.3 Å². The number of hydrogen-bond acceptors (Lipinski definition) is 5. The fourth-order valence-electron chi connectivity index (χ4n) is 2.07. The summed E-state index contributed by atoms with van der Waals surface area (Å²) in [6.07, 6.45) is 0. The van der Waals surface area contributed by atoms with E-state index < -0.39 is 0 Å². The number of rotatable bonds is 3. The molecule has 20 heavy (non-hydrogen) atoms. The summed E-state index contributed by atoms with van der Waals surface area (Å²) in [6, 6.07) is 9.12. The number of fused-ring (bicyclic) bond motifs is 1. The predicted molar refractivity (Wildman–Crippen MR) is 75.4 cm³/mol. The molecule has 0 saturated carbocycles. The molecule has 0 atom stereocenters. The Morgan fingerprint density at radius 3 is 2.80 bits per heavy atom. The Labute approximate surface area is 117 Å². The third-order valence-electron chi connectivity index (χ3n) is 3.09. The smallest absolute Gasteiger partial charge is 0.163 e. The first-order valence-corrected chi connectivity index (χ1v) is 6.51. The van der Waals surface area contributed by atoms with Gasteiger partial charge in [0.25, 0.3) is 0 Å². The van der Waals surface area contributed by atoms with Crippen molar-refractivity contribution >= 4 is 5.69 Å². The van der Waals surface area contributed by atoms with Crippen molar-refractivity contribution in [3.05, 3.63) is 41.7 Å². The highest BCUT2D eigenvalue weighted by molar-refractivity contribution is 5.55. The van der Waals surface area contributed by atoms with Crippen LogP contribution in [-0.2, 0) is 6.54 Å². The monoisotopic (exact) mass is 272 g/mol. The molecule has 0 amide bonds. The molecule has 1 aliphatic heterocycles. The van der Waals surface area contributed by atoms with E-state index >= 15 is 0 Å². The zero-order valence-electron chi connectivity index (χ0n) is 11.2. The van der Waals surface area contributed by atoms with Gasteiger partial charge in [-0.2, -0.15) is 0 Å². The number of aromatic hydroxyl groups is 1. The van der Waals surface area contributed by atoms with Crippen molar-refractivity contribution in [1.82, 2.24) is 4.98 Å². The van der Waals surface area contributed by atoms with Crippen LogP contribution in [0.4, 0.5) is 5.69 Å².